The summed E-state index contributed by atoms with van der Waals surface area (Å²) in [5.41, 5.74) is 0.781. The minimum absolute atomic E-state index is 0.0170. The van der Waals surface area contributed by atoms with Gasteiger partial charge in [0.05, 0.1) is 18.3 Å². The van der Waals surface area contributed by atoms with Crippen LogP contribution in [-0.2, 0) is 17.5 Å². The summed E-state index contributed by atoms with van der Waals surface area (Å²) in [4.78, 5) is 20.7. The first-order valence-corrected chi connectivity index (χ1v) is 13.4. The largest absolute Gasteiger partial charge is 0.439 e. The quantitative estimate of drug-likeness (QED) is 0.311. The molecule has 7 rings (SSSR count). The van der Waals surface area contributed by atoms with E-state index in [9.17, 15) is 18.0 Å². The third-order valence-electron chi connectivity index (χ3n) is 8.13. The molecule has 2 saturated heterocycles. The number of benzene rings is 1. The Morgan fingerprint density at radius 2 is 1.77 bits per heavy atom. The van der Waals surface area contributed by atoms with Crippen LogP contribution in [0.1, 0.15) is 61.3 Å². The number of aromatic amines is 1. The molecule has 3 aromatic heterocycles. The van der Waals surface area contributed by atoms with Crippen molar-refractivity contribution in [3.8, 4) is 22.6 Å². The highest BCUT2D eigenvalue weighted by Crippen LogP contribution is 2.46. The zero-order chi connectivity index (χ0) is 27.4. The van der Waals surface area contributed by atoms with Gasteiger partial charge in [-0.25, -0.2) is 9.78 Å². The fourth-order valence-electron chi connectivity index (χ4n) is 6.15. The van der Waals surface area contributed by atoms with E-state index in [2.05, 4.69) is 29.7 Å². The van der Waals surface area contributed by atoms with Crippen molar-refractivity contribution in [2.45, 2.75) is 75.4 Å². The molecule has 5 heterocycles. The Labute approximate surface area is 226 Å². The summed E-state index contributed by atoms with van der Waals surface area (Å²) in [6.07, 6.45) is 2.58. The van der Waals surface area contributed by atoms with Crippen LogP contribution in [0.15, 0.2) is 56.4 Å². The standard InChI is InChI=1S/C28H26F3N5O4/c29-28(30,31)22-4-2-1-3-20(22)24-21(25(39-34-24)15-5-6-15)14-38-19-11-17-8-9-18(12-19)36(17)23-10-7-16(13-32-23)26-33-27(37)40-35-26/h1-4,7,10,13,15,17-19H,5-6,8-9,11-12,14H2,(H,33,35,37). The molecular formula is C28H26F3N5O4. The van der Waals surface area contributed by atoms with E-state index >= 15 is 0 Å². The Balaban J connectivity index is 1.08. The lowest BCUT2D eigenvalue weighted by atomic mass is 9.98. The maximum atomic E-state index is 13.8. The molecule has 40 heavy (non-hydrogen) atoms. The Kier molecular flexibility index (Phi) is 6.02. The molecule has 1 aliphatic carbocycles. The number of nitrogens with zero attached hydrogens (tertiary/aromatic N) is 4. The number of hydrogen-bond donors (Lipinski definition) is 1. The molecule has 3 aliphatic rings. The van der Waals surface area contributed by atoms with Crippen molar-refractivity contribution >= 4 is 5.82 Å². The first-order valence-electron chi connectivity index (χ1n) is 13.4. The molecule has 4 aromatic rings. The number of nitrogens with one attached hydrogen (secondary N) is 1. The summed E-state index contributed by atoms with van der Waals surface area (Å²) in [6, 6.07) is 9.73. The summed E-state index contributed by atoms with van der Waals surface area (Å²) in [5, 5.41) is 7.81. The molecule has 2 aliphatic heterocycles. The van der Waals surface area contributed by atoms with Crippen LogP contribution in [0, 0.1) is 0 Å². The van der Waals surface area contributed by atoms with E-state index in [4.69, 9.17) is 9.26 Å². The molecular weight excluding hydrogens is 527 g/mol. The van der Waals surface area contributed by atoms with Gasteiger partial charge in [-0.15, -0.1) is 0 Å². The molecule has 208 valence electrons. The maximum Gasteiger partial charge on any atom is 0.439 e. The summed E-state index contributed by atoms with van der Waals surface area (Å²) in [5.74, 6) is 1.38. The minimum Gasteiger partial charge on any atom is -0.373 e. The van der Waals surface area contributed by atoms with Crippen LogP contribution in [0.2, 0.25) is 0 Å². The lowest BCUT2D eigenvalue weighted by Crippen LogP contribution is -2.46. The third-order valence-corrected chi connectivity index (χ3v) is 8.13. The van der Waals surface area contributed by atoms with Crippen LogP contribution >= 0.6 is 0 Å². The van der Waals surface area contributed by atoms with Gasteiger partial charge < -0.3 is 14.2 Å². The third kappa shape index (κ3) is 4.59. The number of rotatable bonds is 7. The Morgan fingerprint density at radius 1 is 1.00 bits per heavy atom. The molecule has 0 radical (unpaired) electrons. The number of aromatic nitrogens is 4. The van der Waals surface area contributed by atoms with E-state index in [1.54, 1.807) is 12.3 Å². The Hall–Kier alpha value is -3.93. The summed E-state index contributed by atoms with van der Waals surface area (Å²) in [7, 11) is 0. The van der Waals surface area contributed by atoms with Gasteiger partial charge in [-0.3, -0.25) is 9.51 Å². The first-order chi connectivity index (χ1) is 19.3. The van der Waals surface area contributed by atoms with Gasteiger partial charge in [0.15, 0.2) is 5.82 Å². The zero-order valence-corrected chi connectivity index (χ0v) is 21.4. The van der Waals surface area contributed by atoms with Gasteiger partial charge in [0.1, 0.15) is 17.3 Å². The maximum absolute atomic E-state index is 13.8. The number of anilines is 1. The molecule has 0 spiro atoms. The highest BCUT2D eigenvalue weighted by Gasteiger charge is 2.43. The molecule has 1 saturated carbocycles. The molecule has 1 N–H and O–H groups in total. The summed E-state index contributed by atoms with van der Waals surface area (Å²) >= 11 is 0. The lowest BCUT2D eigenvalue weighted by molar-refractivity contribution is -0.137. The van der Waals surface area contributed by atoms with Crippen molar-refractivity contribution in [1.82, 2.24) is 20.3 Å². The minimum atomic E-state index is -4.50. The van der Waals surface area contributed by atoms with Crippen LogP contribution in [0.25, 0.3) is 22.6 Å². The Morgan fingerprint density at radius 3 is 2.42 bits per heavy atom. The number of alkyl halides is 3. The topological polar surface area (TPSA) is 110 Å². The van der Waals surface area contributed by atoms with E-state index in [0.717, 1.165) is 50.4 Å². The Bertz CT molecular complexity index is 1560. The van der Waals surface area contributed by atoms with Gasteiger partial charge in [-0.2, -0.15) is 13.2 Å². The van der Waals surface area contributed by atoms with Crippen LogP contribution in [0.3, 0.4) is 0 Å². The number of fused-ring (bicyclic) bond motifs is 2. The van der Waals surface area contributed by atoms with E-state index in [-0.39, 0.29) is 42.0 Å². The second-order valence-corrected chi connectivity index (χ2v) is 10.7. The van der Waals surface area contributed by atoms with E-state index in [0.29, 0.717) is 22.7 Å². The van der Waals surface area contributed by atoms with Crippen molar-refractivity contribution in [1.29, 1.82) is 0 Å². The predicted octanol–water partition coefficient (Wildman–Crippen LogP) is 5.69. The fraction of sp³-hybridized carbons (Fsp3) is 0.429. The molecule has 0 amide bonds. The van der Waals surface area contributed by atoms with E-state index in [1.807, 2.05) is 12.1 Å². The van der Waals surface area contributed by atoms with Crippen LogP contribution in [0.5, 0.6) is 0 Å². The molecule has 9 nitrogen and oxygen atoms in total. The van der Waals surface area contributed by atoms with Crippen molar-refractivity contribution in [2.75, 3.05) is 4.90 Å². The average Bonchev–Trinajstić information content (AvgIpc) is 3.46. The molecule has 3 fully saturated rings. The summed E-state index contributed by atoms with van der Waals surface area (Å²) in [6.45, 7) is 0.157. The first kappa shape index (κ1) is 25.1. The monoisotopic (exact) mass is 553 g/mol. The molecule has 2 bridgehead atoms. The van der Waals surface area contributed by atoms with Gasteiger partial charge >= 0.3 is 11.9 Å². The lowest BCUT2D eigenvalue weighted by Gasteiger charge is -2.39. The number of hydrogen-bond acceptors (Lipinski definition) is 8. The van der Waals surface area contributed by atoms with Gasteiger partial charge in [0.25, 0.3) is 0 Å². The van der Waals surface area contributed by atoms with Gasteiger partial charge in [-0.05, 0) is 56.7 Å². The smallest absolute Gasteiger partial charge is 0.373 e. The van der Waals surface area contributed by atoms with E-state index < -0.39 is 17.5 Å². The van der Waals surface area contributed by atoms with Crippen molar-refractivity contribution in [3.63, 3.8) is 0 Å². The summed E-state index contributed by atoms with van der Waals surface area (Å²) < 4.78 is 57.9. The zero-order valence-electron chi connectivity index (χ0n) is 21.4. The highest BCUT2D eigenvalue weighted by molar-refractivity contribution is 5.68. The second kappa shape index (κ2) is 9.61. The second-order valence-electron chi connectivity index (χ2n) is 10.7. The molecule has 12 heteroatoms. The number of piperidine rings is 1. The van der Waals surface area contributed by atoms with Gasteiger partial charge in [0.2, 0.25) is 0 Å². The fourth-order valence-corrected chi connectivity index (χ4v) is 6.15. The number of halogens is 3. The SMILES string of the molecule is O=c1[nH]c(-c2ccc(N3C4CCC3CC(OCc3c(-c5ccccc5C(F)(F)F)noc3C3CC3)C4)nc2)no1. The normalized spacial score (nSPS) is 22.7. The number of pyridine rings is 1. The molecule has 2 unspecified atom stereocenters. The van der Waals surface area contributed by atoms with Crippen LogP contribution < -0.4 is 10.7 Å². The van der Waals surface area contributed by atoms with Crippen LogP contribution in [0.4, 0.5) is 19.0 Å². The predicted molar refractivity (Wildman–Crippen MR) is 136 cm³/mol. The van der Waals surface area contributed by atoms with Gasteiger partial charge in [-0.1, -0.05) is 28.5 Å². The van der Waals surface area contributed by atoms with Crippen molar-refractivity contribution in [2.24, 2.45) is 0 Å². The van der Waals surface area contributed by atoms with E-state index in [1.165, 1.54) is 12.1 Å². The van der Waals surface area contributed by atoms with Gasteiger partial charge in [0, 0.05) is 40.9 Å². The average molecular weight is 554 g/mol. The number of ether oxygens (including phenoxy) is 1. The van der Waals surface area contributed by atoms with Crippen molar-refractivity contribution < 1.29 is 27.0 Å². The van der Waals surface area contributed by atoms with Crippen LogP contribution in [-0.4, -0.2) is 38.5 Å². The highest BCUT2D eigenvalue weighted by atomic mass is 19.4. The van der Waals surface area contributed by atoms with Crippen molar-refractivity contribution in [3.05, 3.63) is 70.0 Å². The molecule has 1 aromatic carbocycles. The molecule has 2 atom stereocenters. The number of H-pyrrole nitrogens is 1.